The summed E-state index contributed by atoms with van der Waals surface area (Å²) in [6.45, 7) is 4.58. The Hall–Kier alpha value is -1.55. The molecule has 4 N–H and O–H groups in total. The van der Waals surface area contributed by atoms with Crippen LogP contribution in [-0.2, 0) is 4.74 Å². The van der Waals surface area contributed by atoms with Crippen LogP contribution in [0.3, 0.4) is 0 Å². The summed E-state index contributed by atoms with van der Waals surface area (Å²) >= 11 is 0. The molecule has 0 aliphatic carbocycles. The van der Waals surface area contributed by atoms with Crippen LogP contribution in [0.2, 0.25) is 0 Å². The minimum atomic E-state index is 0.0399. The van der Waals surface area contributed by atoms with Crippen LogP contribution >= 0.6 is 0 Å². The minimum absolute atomic E-state index is 0.0399. The molecule has 98 valence electrons. The van der Waals surface area contributed by atoms with Gasteiger partial charge in [0, 0.05) is 29.3 Å². The highest BCUT2D eigenvalue weighted by Crippen LogP contribution is 2.26. The van der Waals surface area contributed by atoms with Gasteiger partial charge in [-0.05, 0) is 50.8 Å². The first kappa shape index (κ1) is 12.9. The summed E-state index contributed by atoms with van der Waals surface area (Å²) in [6.07, 6.45) is 3.35. The van der Waals surface area contributed by atoms with Gasteiger partial charge in [-0.25, -0.2) is 0 Å². The number of hydrogen-bond acceptors (Lipinski definition) is 4. The number of ether oxygens (including phenoxy) is 1. The topological polar surface area (TPSA) is 71.1 Å². The van der Waals surface area contributed by atoms with Crippen LogP contribution in [0.15, 0.2) is 12.1 Å². The Bertz CT molecular complexity index is 451. The van der Waals surface area contributed by atoms with Gasteiger partial charge in [-0.15, -0.1) is 0 Å². The van der Waals surface area contributed by atoms with Crippen LogP contribution in [0.25, 0.3) is 0 Å². The molecule has 1 aromatic rings. The van der Waals surface area contributed by atoms with Crippen molar-refractivity contribution in [2.45, 2.75) is 39.3 Å². The summed E-state index contributed by atoms with van der Waals surface area (Å²) in [6, 6.07) is 3.79. The molecule has 0 spiro atoms. The number of aryl methyl sites for hydroxylation is 1. The monoisotopic (exact) mass is 247 g/mol. The van der Waals surface area contributed by atoms with Gasteiger partial charge in [0.15, 0.2) is 0 Å². The van der Waals surface area contributed by atoms with Crippen molar-refractivity contribution in [3.8, 4) is 0 Å². The normalized spacial score (nSPS) is 19.6. The lowest BCUT2D eigenvalue weighted by Crippen LogP contribution is -2.28. The zero-order valence-electron chi connectivity index (χ0n) is 11.0. The van der Waals surface area contributed by atoms with E-state index in [4.69, 9.17) is 15.9 Å². The molecule has 18 heavy (non-hydrogen) atoms. The van der Waals surface area contributed by atoms with E-state index >= 15 is 0 Å². The molecule has 0 amide bonds. The fourth-order valence-electron chi connectivity index (χ4n) is 2.45. The lowest BCUT2D eigenvalue weighted by Gasteiger charge is -2.26. The third kappa shape index (κ3) is 2.82. The van der Waals surface area contributed by atoms with E-state index in [0.29, 0.717) is 5.71 Å². The van der Waals surface area contributed by atoms with E-state index < -0.39 is 0 Å². The van der Waals surface area contributed by atoms with Crippen molar-refractivity contribution in [3.05, 3.63) is 23.3 Å². The van der Waals surface area contributed by atoms with Crippen LogP contribution < -0.4 is 11.1 Å². The molecular formula is C14H21N3O. The molecular weight excluding hydrogens is 226 g/mol. The molecule has 1 heterocycles. The Morgan fingerprint density at radius 2 is 2.22 bits per heavy atom. The maximum absolute atomic E-state index is 7.88. The van der Waals surface area contributed by atoms with E-state index in [-0.39, 0.29) is 6.23 Å². The summed E-state index contributed by atoms with van der Waals surface area (Å²) < 4.78 is 5.67. The van der Waals surface area contributed by atoms with Crippen LogP contribution in [-0.4, -0.2) is 18.5 Å². The quantitative estimate of drug-likeness (QED) is 0.568. The van der Waals surface area contributed by atoms with Crippen LogP contribution in [0, 0.1) is 12.3 Å². The molecule has 1 atom stereocenters. The number of hydrogen-bond donors (Lipinski definition) is 3. The molecule has 4 nitrogen and oxygen atoms in total. The highest BCUT2D eigenvalue weighted by molar-refractivity contribution is 6.03. The van der Waals surface area contributed by atoms with Crippen molar-refractivity contribution >= 4 is 17.1 Å². The first-order valence-electron chi connectivity index (χ1n) is 6.41. The maximum Gasteiger partial charge on any atom is 0.127 e. The SMILES string of the molecule is CC(=N)c1c(C)cc(N)cc1NC1CCCCO1. The van der Waals surface area contributed by atoms with Gasteiger partial charge in [-0.2, -0.15) is 0 Å². The van der Waals surface area contributed by atoms with Crippen molar-refractivity contribution in [1.29, 1.82) is 5.41 Å². The number of anilines is 2. The molecule has 0 radical (unpaired) electrons. The fourth-order valence-corrected chi connectivity index (χ4v) is 2.45. The summed E-state index contributed by atoms with van der Waals surface area (Å²) in [5.74, 6) is 0. The molecule has 1 aliphatic heterocycles. The fraction of sp³-hybridized carbons (Fsp3) is 0.500. The van der Waals surface area contributed by atoms with Crippen LogP contribution in [0.1, 0.15) is 37.3 Å². The standard InChI is InChI=1S/C14H21N3O/c1-9-7-11(16)8-12(14(9)10(2)15)17-13-5-3-4-6-18-13/h7-8,13,15,17H,3-6,16H2,1-2H3. The van der Waals surface area contributed by atoms with E-state index in [1.165, 1.54) is 6.42 Å². The van der Waals surface area contributed by atoms with Crippen molar-refractivity contribution in [2.75, 3.05) is 17.7 Å². The van der Waals surface area contributed by atoms with Gasteiger partial charge in [-0.1, -0.05) is 0 Å². The molecule has 1 fully saturated rings. The molecule has 1 aromatic carbocycles. The van der Waals surface area contributed by atoms with Crippen LogP contribution in [0.5, 0.6) is 0 Å². The van der Waals surface area contributed by atoms with Gasteiger partial charge in [0.1, 0.15) is 6.23 Å². The summed E-state index contributed by atoms with van der Waals surface area (Å²) in [4.78, 5) is 0. The minimum Gasteiger partial charge on any atom is -0.399 e. The van der Waals surface area contributed by atoms with E-state index in [1.807, 2.05) is 19.1 Å². The van der Waals surface area contributed by atoms with Gasteiger partial charge in [-0.3, -0.25) is 0 Å². The lowest BCUT2D eigenvalue weighted by molar-refractivity contribution is 0.0343. The molecule has 1 saturated heterocycles. The maximum atomic E-state index is 7.88. The average Bonchev–Trinajstić information content (AvgIpc) is 2.28. The second-order valence-corrected chi connectivity index (χ2v) is 4.88. The van der Waals surface area contributed by atoms with E-state index in [2.05, 4.69) is 5.32 Å². The second-order valence-electron chi connectivity index (χ2n) is 4.88. The number of rotatable bonds is 3. The predicted octanol–water partition coefficient (Wildman–Crippen LogP) is 2.90. The Morgan fingerprint density at radius 1 is 1.44 bits per heavy atom. The van der Waals surface area contributed by atoms with E-state index in [9.17, 15) is 0 Å². The average molecular weight is 247 g/mol. The first-order valence-corrected chi connectivity index (χ1v) is 6.41. The zero-order valence-corrected chi connectivity index (χ0v) is 11.0. The molecule has 1 aliphatic rings. The van der Waals surface area contributed by atoms with Crippen molar-refractivity contribution in [3.63, 3.8) is 0 Å². The second kappa shape index (κ2) is 5.40. The van der Waals surface area contributed by atoms with Crippen molar-refractivity contribution < 1.29 is 4.74 Å². The number of benzene rings is 1. The molecule has 0 aromatic heterocycles. The Kier molecular flexibility index (Phi) is 3.87. The molecule has 4 heteroatoms. The van der Waals surface area contributed by atoms with Gasteiger partial charge in [0.05, 0.1) is 0 Å². The van der Waals surface area contributed by atoms with Gasteiger partial charge < -0.3 is 21.2 Å². The van der Waals surface area contributed by atoms with Crippen LogP contribution in [0.4, 0.5) is 11.4 Å². The Labute approximate surface area is 108 Å². The number of nitrogens with one attached hydrogen (secondary N) is 2. The third-order valence-corrected chi connectivity index (χ3v) is 3.23. The zero-order chi connectivity index (χ0) is 13.1. The molecule has 1 unspecified atom stereocenters. The molecule has 0 bridgehead atoms. The summed E-state index contributed by atoms with van der Waals surface area (Å²) in [7, 11) is 0. The number of nitrogens with two attached hydrogens (primary N) is 1. The number of nitrogen functional groups attached to an aromatic ring is 1. The highest BCUT2D eigenvalue weighted by Gasteiger charge is 2.16. The molecule has 2 rings (SSSR count). The third-order valence-electron chi connectivity index (χ3n) is 3.23. The van der Waals surface area contributed by atoms with Crippen molar-refractivity contribution in [2.24, 2.45) is 0 Å². The van der Waals surface area contributed by atoms with E-state index in [1.54, 1.807) is 6.92 Å². The van der Waals surface area contributed by atoms with E-state index in [0.717, 1.165) is 42.0 Å². The van der Waals surface area contributed by atoms with Gasteiger partial charge in [0.25, 0.3) is 0 Å². The first-order chi connectivity index (χ1) is 8.58. The molecule has 0 saturated carbocycles. The van der Waals surface area contributed by atoms with Crippen molar-refractivity contribution in [1.82, 2.24) is 0 Å². The predicted molar refractivity (Wildman–Crippen MR) is 75.3 cm³/mol. The summed E-state index contributed by atoms with van der Waals surface area (Å²) in [5.41, 5.74) is 10.0. The lowest BCUT2D eigenvalue weighted by atomic mass is 10.0. The summed E-state index contributed by atoms with van der Waals surface area (Å²) in [5, 5.41) is 11.3. The Morgan fingerprint density at radius 3 is 2.83 bits per heavy atom. The van der Waals surface area contributed by atoms with Gasteiger partial charge >= 0.3 is 0 Å². The highest BCUT2D eigenvalue weighted by atomic mass is 16.5. The smallest absolute Gasteiger partial charge is 0.127 e. The Balaban J connectivity index is 2.27. The van der Waals surface area contributed by atoms with Gasteiger partial charge in [0.2, 0.25) is 0 Å². The largest absolute Gasteiger partial charge is 0.399 e.